The number of amides is 1. The van der Waals surface area contributed by atoms with E-state index in [9.17, 15) is 19.8 Å². The minimum Gasteiger partial charge on any atom is -0.496 e. The van der Waals surface area contributed by atoms with Crippen molar-refractivity contribution in [3.05, 3.63) is 56.7 Å². The molecule has 1 aliphatic rings. The van der Waals surface area contributed by atoms with Gasteiger partial charge < -0.3 is 20.3 Å². The molecule has 3 rings (SSSR count). The van der Waals surface area contributed by atoms with E-state index in [1.165, 1.54) is 25.8 Å². The highest BCUT2D eigenvalue weighted by Gasteiger charge is 2.28. The van der Waals surface area contributed by atoms with Crippen LogP contribution in [0, 0.1) is 0 Å². The van der Waals surface area contributed by atoms with Crippen molar-refractivity contribution in [2.75, 3.05) is 13.4 Å². The Morgan fingerprint density at radius 3 is 2.62 bits per heavy atom. The molecule has 0 saturated heterocycles. The van der Waals surface area contributed by atoms with Gasteiger partial charge in [0.25, 0.3) is 0 Å². The molecule has 2 aromatic carbocycles. The second-order valence-electron chi connectivity index (χ2n) is 6.97. The first-order valence-electron chi connectivity index (χ1n) is 9.38. The first-order chi connectivity index (χ1) is 13.9. The van der Waals surface area contributed by atoms with Gasteiger partial charge in [0.1, 0.15) is 5.75 Å². The lowest BCUT2D eigenvalue weighted by Crippen LogP contribution is -2.26. The number of aliphatic hydroxyl groups excluding tert-OH is 2. The minimum atomic E-state index is -0.329. The fraction of sp³-hybridized carbons (Fsp3) is 0.364. The molecule has 1 unspecified atom stereocenters. The average Bonchev–Trinajstić information content (AvgIpc) is 2.95. The molecule has 7 heteroatoms. The molecule has 0 fully saturated rings. The highest BCUT2D eigenvalue weighted by Crippen LogP contribution is 2.44. The van der Waals surface area contributed by atoms with Gasteiger partial charge in [-0.05, 0) is 53.5 Å². The van der Waals surface area contributed by atoms with E-state index < -0.39 is 0 Å². The van der Waals surface area contributed by atoms with Gasteiger partial charge in [-0.15, -0.1) is 11.8 Å². The summed E-state index contributed by atoms with van der Waals surface area (Å²) >= 11 is 1.37. The maximum Gasteiger partial charge on any atom is 0.217 e. The average molecular weight is 416 g/mol. The van der Waals surface area contributed by atoms with Crippen LogP contribution in [0.15, 0.2) is 34.0 Å². The summed E-state index contributed by atoms with van der Waals surface area (Å²) < 4.78 is 5.68. The highest BCUT2D eigenvalue weighted by atomic mass is 32.2. The van der Waals surface area contributed by atoms with Crippen molar-refractivity contribution < 1.29 is 19.7 Å². The number of aryl methyl sites for hydroxylation is 1. The van der Waals surface area contributed by atoms with E-state index in [-0.39, 0.29) is 30.6 Å². The van der Waals surface area contributed by atoms with Crippen LogP contribution in [-0.2, 0) is 24.4 Å². The third-order valence-electron chi connectivity index (χ3n) is 5.28. The van der Waals surface area contributed by atoms with Crippen LogP contribution < -0.4 is 15.5 Å². The van der Waals surface area contributed by atoms with E-state index in [4.69, 9.17) is 4.74 Å². The summed E-state index contributed by atoms with van der Waals surface area (Å²) in [6, 6.07) is 6.80. The predicted octanol–water partition coefficient (Wildman–Crippen LogP) is 2.55. The van der Waals surface area contributed by atoms with Crippen molar-refractivity contribution in [3.63, 3.8) is 0 Å². The lowest BCUT2D eigenvalue weighted by molar-refractivity contribution is -0.119. The fourth-order valence-corrected chi connectivity index (χ4v) is 4.47. The van der Waals surface area contributed by atoms with E-state index in [0.29, 0.717) is 34.6 Å². The Hall–Kier alpha value is -2.35. The molecule has 1 aliphatic carbocycles. The summed E-state index contributed by atoms with van der Waals surface area (Å²) in [6.45, 7) is 0.963. The molecule has 0 heterocycles. The van der Waals surface area contributed by atoms with Gasteiger partial charge in [-0.2, -0.15) is 0 Å². The largest absolute Gasteiger partial charge is 0.496 e. The van der Waals surface area contributed by atoms with Gasteiger partial charge >= 0.3 is 0 Å². The van der Waals surface area contributed by atoms with Gasteiger partial charge in [0.05, 0.1) is 31.3 Å². The van der Waals surface area contributed by atoms with Crippen LogP contribution in [0.1, 0.15) is 41.6 Å². The van der Waals surface area contributed by atoms with Gasteiger partial charge in [-0.3, -0.25) is 9.59 Å². The molecule has 0 aromatic heterocycles. The molecule has 1 amide bonds. The number of methoxy groups -OCH3 is 1. The van der Waals surface area contributed by atoms with Crippen LogP contribution in [0.5, 0.6) is 5.75 Å². The summed E-state index contributed by atoms with van der Waals surface area (Å²) in [7, 11) is 1.53. The first kappa shape index (κ1) is 21.4. The molecule has 6 nitrogen and oxygen atoms in total. The number of hydrogen-bond donors (Lipinski definition) is 3. The molecule has 154 valence electrons. The number of carbonyl (C=O) groups is 1. The lowest BCUT2D eigenvalue weighted by atomic mass is 9.91. The summed E-state index contributed by atoms with van der Waals surface area (Å²) in [5.74, 6) is 0.318. The van der Waals surface area contributed by atoms with Crippen LogP contribution >= 0.6 is 11.8 Å². The normalized spacial score (nSPS) is 15.1. The van der Waals surface area contributed by atoms with Crippen molar-refractivity contribution in [1.82, 2.24) is 5.32 Å². The Kier molecular flexibility index (Phi) is 6.62. The summed E-state index contributed by atoms with van der Waals surface area (Å²) in [5.41, 5.74) is 4.27. The number of aliphatic hydroxyl groups is 2. The highest BCUT2D eigenvalue weighted by molar-refractivity contribution is 7.98. The van der Waals surface area contributed by atoms with Gasteiger partial charge in [-0.1, -0.05) is 12.1 Å². The van der Waals surface area contributed by atoms with Crippen LogP contribution in [0.25, 0.3) is 11.1 Å². The zero-order valence-electron chi connectivity index (χ0n) is 16.7. The molecule has 0 bridgehead atoms. The Balaban J connectivity index is 2.41. The fourth-order valence-electron chi connectivity index (χ4n) is 4.01. The number of rotatable bonds is 5. The zero-order chi connectivity index (χ0) is 21.1. The lowest BCUT2D eigenvalue weighted by Gasteiger charge is -2.20. The van der Waals surface area contributed by atoms with Crippen molar-refractivity contribution in [2.24, 2.45) is 0 Å². The number of hydrogen-bond acceptors (Lipinski definition) is 6. The van der Waals surface area contributed by atoms with Crippen molar-refractivity contribution >= 4 is 17.7 Å². The minimum absolute atomic E-state index is 0.106. The molecule has 0 spiro atoms. The van der Waals surface area contributed by atoms with Crippen molar-refractivity contribution in [3.8, 4) is 16.9 Å². The van der Waals surface area contributed by atoms with Crippen LogP contribution in [-0.4, -0.2) is 29.5 Å². The smallest absolute Gasteiger partial charge is 0.217 e. The molecule has 29 heavy (non-hydrogen) atoms. The van der Waals surface area contributed by atoms with Gasteiger partial charge in [-0.25, -0.2) is 0 Å². The Labute approximate surface area is 173 Å². The monoisotopic (exact) mass is 415 g/mol. The molecular weight excluding hydrogens is 390 g/mol. The molecular formula is C22H25NO5S. The second-order valence-corrected chi connectivity index (χ2v) is 7.82. The maximum atomic E-state index is 12.7. The molecule has 0 radical (unpaired) electrons. The van der Waals surface area contributed by atoms with Crippen LogP contribution in [0.4, 0.5) is 0 Å². The molecule has 0 aliphatic heterocycles. The molecule has 0 saturated carbocycles. The predicted molar refractivity (Wildman–Crippen MR) is 113 cm³/mol. The number of fused-ring (bicyclic) bond motifs is 3. The van der Waals surface area contributed by atoms with Crippen molar-refractivity contribution in [2.45, 2.75) is 43.9 Å². The summed E-state index contributed by atoms with van der Waals surface area (Å²) in [4.78, 5) is 25.2. The number of benzene rings is 1. The molecule has 1 atom stereocenters. The Morgan fingerprint density at radius 1 is 1.28 bits per heavy atom. The van der Waals surface area contributed by atoms with Gasteiger partial charge in [0.15, 0.2) is 5.43 Å². The van der Waals surface area contributed by atoms with E-state index >= 15 is 0 Å². The zero-order valence-corrected chi connectivity index (χ0v) is 17.6. The number of carbonyl (C=O) groups excluding carboxylic acids is 1. The summed E-state index contributed by atoms with van der Waals surface area (Å²) in [6.07, 6.45) is 3.07. The molecule has 2 aromatic rings. The standard InChI is InChI=1S/C22H25NO5S/c1-12(26)23-18-6-4-13-8-14(10-24)17(11-25)22(28-2)21(13)15-5-7-20(29-3)19(27)9-16(15)18/h5,7-9,18,24-25H,4,6,10-11H2,1-3H3,(H,23,26). The first-order valence-corrected chi connectivity index (χ1v) is 10.6. The third-order valence-corrected chi connectivity index (χ3v) is 6.05. The van der Waals surface area contributed by atoms with Crippen LogP contribution in [0.2, 0.25) is 0 Å². The quantitative estimate of drug-likeness (QED) is 0.650. The Morgan fingerprint density at radius 2 is 2.03 bits per heavy atom. The van der Waals surface area contributed by atoms with Crippen LogP contribution in [0.3, 0.4) is 0 Å². The number of thioether (sulfide) groups is 1. The van der Waals surface area contributed by atoms with E-state index in [1.807, 2.05) is 18.4 Å². The number of nitrogens with one attached hydrogen (secondary N) is 1. The third kappa shape index (κ3) is 4.03. The van der Waals surface area contributed by atoms with E-state index in [2.05, 4.69) is 5.32 Å². The van der Waals surface area contributed by atoms with Gasteiger partial charge in [0, 0.05) is 18.1 Å². The summed E-state index contributed by atoms with van der Waals surface area (Å²) in [5, 5.41) is 22.7. The van der Waals surface area contributed by atoms with E-state index in [0.717, 1.165) is 22.3 Å². The Bertz CT molecular complexity index is 1010. The number of ether oxygens (including phenoxy) is 1. The maximum absolute atomic E-state index is 12.7. The van der Waals surface area contributed by atoms with Crippen molar-refractivity contribution in [1.29, 1.82) is 0 Å². The molecule has 3 N–H and O–H groups in total. The SMILES string of the molecule is COc1c(CO)c(CO)cc2c1-c1ccc(SC)c(=O)cc1C(NC(C)=O)CC2. The van der Waals surface area contributed by atoms with Gasteiger partial charge in [0.2, 0.25) is 5.91 Å². The van der Waals surface area contributed by atoms with E-state index in [1.54, 1.807) is 12.1 Å². The topological polar surface area (TPSA) is 95.9 Å². The second kappa shape index (κ2) is 8.98.